The molecule has 0 atom stereocenters. The lowest BCUT2D eigenvalue weighted by molar-refractivity contribution is -0.185. The number of benzene rings is 2. The van der Waals surface area contributed by atoms with Gasteiger partial charge in [0, 0.05) is 10.2 Å². The van der Waals surface area contributed by atoms with Crippen molar-refractivity contribution in [3.63, 3.8) is 0 Å². The Hall–Kier alpha value is -1.68. The van der Waals surface area contributed by atoms with Crippen molar-refractivity contribution in [2.75, 3.05) is 0 Å². The maximum absolute atomic E-state index is 14.3. The third-order valence-electron chi connectivity index (χ3n) is 5.41. The Kier molecular flexibility index (Phi) is 5.57. The summed E-state index contributed by atoms with van der Waals surface area (Å²) in [6.45, 7) is 1.87. The second-order valence-corrected chi connectivity index (χ2v) is 8.00. The Labute approximate surface area is 151 Å². The second-order valence-electron chi connectivity index (χ2n) is 7.18. The van der Waals surface area contributed by atoms with Gasteiger partial charge >= 0.3 is 6.11 Å². The molecule has 25 heavy (non-hydrogen) atoms. The van der Waals surface area contributed by atoms with Crippen molar-refractivity contribution < 1.29 is 13.5 Å². The van der Waals surface area contributed by atoms with E-state index in [0.717, 1.165) is 11.5 Å². The molecule has 3 rings (SSSR count). The molecule has 0 unspecified atom stereocenters. The molecular weight excluding hydrogens is 334 g/mol. The summed E-state index contributed by atoms with van der Waals surface area (Å²) in [4.78, 5) is 0. The molecule has 0 N–H and O–H groups in total. The van der Waals surface area contributed by atoms with Crippen molar-refractivity contribution in [1.82, 2.24) is 0 Å². The Morgan fingerprint density at radius 3 is 2.12 bits per heavy atom. The van der Waals surface area contributed by atoms with E-state index in [1.54, 1.807) is 24.3 Å². The van der Waals surface area contributed by atoms with Crippen LogP contribution in [0.25, 0.3) is 0 Å². The summed E-state index contributed by atoms with van der Waals surface area (Å²) in [5, 5.41) is 0. The van der Waals surface area contributed by atoms with E-state index in [-0.39, 0.29) is 11.3 Å². The number of hydrogen-bond donors (Lipinski definition) is 0. The van der Waals surface area contributed by atoms with E-state index >= 15 is 0 Å². The molecule has 0 spiro atoms. The van der Waals surface area contributed by atoms with Gasteiger partial charge in [-0.15, -0.1) is 0 Å². The van der Waals surface area contributed by atoms with Gasteiger partial charge in [0.1, 0.15) is 5.75 Å². The zero-order valence-electron chi connectivity index (χ0n) is 15.0. The van der Waals surface area contributed by atoms with Gasteiger partial charge < -0.3 is 4.74 Å². The van der Waals surface area contributed by atoms with Crippen LogP contribution in [0.5, 0.6) is 5.75 Å². The molecule has 134 valence electrons. The highest BCUT2D eigenvalue weighted by Gasteiger charge is 2.34. The summed E-state index contributed by atoms with van der Waals surface area (Å²) in [6, 6.07) is 14.8. The fourth-order valence-corrected chi connectivity index (χ4v) is 4.48. The maximum atomic E-state index is 14.3. The first-order valence-electron chi connectivity index (χ1n) is 9.22. The summed E-state index contributed by atoms with van der Waals surface area (Å²) in [5.41, 5.74) is 2.07. The van der Waals surface area contributed by atoms with Gasteiger partial charge in [-0.2, -0.15) is 8.78 Å². The van der Waals surface area contributed by atoms with Crippen LogP contribution in [0.1, 0.15) is 48.3 Å². The standard InChI is InChI=1S/C21H26F2OSi/c1-15-2-10-19(11-3-15)21(22,23)24-20-12-8-18(9-13-20)17-6-4-16(14-25)5-7-17/h2-3,8-13,16-17H,4-7,14H2,1,25H3. The van der Waals surface area contributed by atoms with Crippen molar-refractivity contribution in [2.24, 2.45) is 5.92 Å². The number of ether oxygens (including phenoxy) is 1. The molecular formula is C21H26F2OSi. The normalized spacial score (nSPS) is 21.2. The van der Waals surface area contributed by atoms with Crippen molar-refractivity contribution in [1.29, 1.82) is 0 Å². The predicted octanol–water partition coefficient (Wildman–Crippen LogP) is 5.18. The van der Waals surface area contributed by atoms with Crippen LogP contribution in [-0.2, 0) is 6.11 Å². The van der Waals surface area contributed by atoms with E-state index in [9.17, 15) is 8.78 Å². The predicted molar refractivity (Wildman–Crippen MR) is 102 cm³/mol. The molecule has 0 saturated heterocycles. The molecule has 4 heteroatoms. The van der Waals surface area contributed by atoms with Gasteiger partial charge in [-0.25, -0.2) is 0 Å². The zero-order chi connectivity index (χ0) is 17.9. The Morgan fingerprint density at radius 1 is 0.960 bits per heavy atom. The first kappa shape index (κ1) is 18.1. The third-order valence-corrected chi connectivity index (χ3v) is 6.56. The van der Waals surface area contributed by atoms with Gasteiger partial charge in [-0.3, -0.25) is 0 Å². The van der Waals surface area contributed by atoms with E-state index in [1.807, 2.05) is 19.1 Å². The van der Waals surface area contributed by atoms with Crippen molar-refractivity contribution in [3.8, 4) is 5.75 Å². The second kappa shape index (κ2) is 7.69. The lowest BCUT2D eigenvalue weighted by Gasteiger charge is -2.28. The molecule has 0 aromatic heterocycles. The minimum atomic E-state index is -3.32. The average Bonchev–Trinajstić information content (AvgIpc) is 2.62. The van der Waals surface area contributed by atoms with E-state index in [0.29, 0.717) is 5.92 Å². The van der Waals surface area contributed by atoms with Crippen molar-refractivity contribution in [3.05, 3.63) is 65.2 Å². The first-order chi connectivity index (χ1) is 12.0. The van der Waals surface area contributed by atoms with Gasteiger partial charge in [0.25, 0.3) is 0 Å². The number of halogens is 2. The van der Waals surface area contributed by atoms with Crippen molar-refractivity contribution >= 4 is 10.2 Å². The average molecular weight is 361 g/mol. The van der Waals surface area contributed by atoms with Gasteiger partial charge in [-0.1, -0.05) is 48.7 Å². The molecule has 0 radical (unpaired) electrons. The van der Waals surface area contributed by atoms with E-state index in [2.05, 4.69) is 0 Å². The number of aryl methyl sites for hydroxylation is 1. The van der Waals surface area contributed by atoms with Crippen LogP contribution in [-0.4, -0.2) is 10.2 Å². The highest BCUT2D eigenvalue weighted by Crippen LogP contribution is 2.38. The van der Waals surface area contributed by atoms with E-state index < -0.39 is 6.11 Å². The lowest BCUT2D eigenvalue weighted by Crippen LogP contribution is -2.21. The zero-order valence-corrected chi connectivity index (χ0v) is 17.0. The summed E-state index contributed by atoms with van der Waals surface area (Å²) in [6.07, 6.45) is 1.72. The van der Waals surface area contributed by atoms with Gasteiger partial charge in [0.2, 0.25) is 0 Å². The fourth-order valence-electron chi connectivity index (χ4n) is 3.67. The molecule has 1 fully saturated rings. The number of alkyl halides is 2. The Morgan fingerprint density at radius 2 is 1.56 bits per heavy atom. The summed E-state index contributed by atoms with van der Waals surface area (Å²) in [7, 11) is 1.29. The van der Waals surface area contributed by atoms with Gasteiger partial charge in [0.15, 0.2) is 0 Å². The van der Waals surface area contributed by atoms with Crippen LogP contribution < -0.4 is 4.74 Å². The quantitative estimate of drug-likeness (QED) is 0.668. The first-order valence-corrected chi connectivity index (χ1v) is 10.6. The SMILES string of the molecule is Cc1ccc(C(F)(F)Oc2ccc(C3CCC(C[SiH3])CC3)cc2)cc1. The molecule has 1 nitrogen and oxygen atoms in total. The smallest absolute Gasteiger partial charge is 0.426 e. The molecule has 0 aliphatic heterocycles. The molecule has 2 aromatic rings. The monoisotopic (exact) mass is 360 g/mol. The third kappa shape index (κ3) is 4.49. The number of rotatable bonds is 5. The van der Waals surface area contributed by atoms with Crippen LogP contribution in [0.3, 0.4) is 0 Å². The Bertz CT molecular complexity index is 674. The highest BCUT2D eigenvalue weighted by molar-refractivity contribution is 6.08. The van der Waals surface area contributed by atoms with E-state index in [4.69, 9.17) is 4.74 Å². The molecule has 0 heterocycles. The molecule has 0 bridgehead atoms. The minimum Gasteiger partial charge on any atom is -0.429 e. The summed E-state index contributed by atoms with van der Waals surface area (Å²) < 4.78 is 33.6. The van der Waals surface area contributed by atoms with Gasteiger partial charge in [-0.05, 0) is 61.4 Å². The summed E-state index contributed by atoms with van der Waals surface area (Å²) >= 11 is 0. The van der Waals surface area contributed by atoms with Gasteiger partial charge in [0.05, 0.1) is 5.56 Å². The van der Waals surface area contributed by atoms with Crippen LogP contribution in [0.4, 0.5) is 8.78 Å². The fraction of sp³-hybridized carbons (Fsp3) is 0.429. The molecule has 0 amide bonds. The molecule has 2 aromatic carbocycles. The van der Waals surface area contributed by atoms with Crippen LogP contribution in [0.2, 0.25) is 6.04 Å². The van der Waals surface area contributed by atoms with E-state index in [1.165, 1.54) is 59.7 Å². The maximum Gasteiger partial charge on any atom is 0.426 e. The largest absolute Gasteiger partial charge is 0.429 e. The Balaban J connectivity index is 1.65. The van der Waals surface area contributed by atoms with Crippen LogP contribution in [0.15, 0.2) is 48.5 Å². The molecule has 1 saturated carbocycles. The topological polar surface area (TPSA) is 9.23 Å². The van der Waals surface area contributed by atoms with Crippen LogP contribution in [0, 0.1) is 12.8 Å². The number of hydrogen-bond acceptors (Lipinski definition) is 1. The molecule has 1 aliphatic rings. The van der Waals surface area contributed by atoms with Crippen LogP contribution >= 0.6 is 0 Å². The molecule has 1 aliphatic carbocycles. The summed E-state index contributed by atoms with van der Waals surface area (Å²) in [5.74, 6) is 1.69. The van der Waals surface area contributed by atoms with Crippen molar-refractivity contribution in [2.45, 2.75) is 50.7 Å². The highest BCUT2D eigenvalue weighted by atomic mass is 28.1. The lowest BCUT2D eigenvalue weighted by atomic mass is 9.79. The minimum absolute atomic E-state index is 0.122.